The zero-order valence-corrected chi connectivity index (χ0v) is 8.90. The summed E-state index contributed by atoms with van der Waals surface area (Å²) in [6.45, 7) is 3.46. The van der Waals surface area contributed by atoms with Crippen molar-refractivity contribution >= 4 is 9.84 Å². The molecule has 3 heteroatoms. The Morgan fingerprint density at radius 3 is 2.50 bits per heavy atom. The molecule has 0 atom stereocenters. The van der Waals surface area contributed by atoms with E-state index in [0.717, 1.165) is 0 Å². The number of nitrogens with one attached hydrogen (secondary N) is 1. The summed E-state index contributed by atoms with van der Waals surface area (Å²) in [5.41, 5.74) is 0. The molecular formula is C7H20N2Si. The van der Waals surface area contributed by atoms with Gasteiger partial charge in [0.25, 0.3) is 0 Å². The molecule has 0 unspecified atom stereocenters. The molecule has 0 rings (SSSR count). The van der Waals surface area contributed by atoms with Crippen LogP contribution in [-0.2, 0) is 0 Å². The van der Waals surface area contributed by atoms with Crippen molar-refractivity contribution < 1.29 is 0 Å². The van der Waals surface area contributed by atoms with E-state index in [1.54, 1.807) is 0 Å². The average molecular weight is 160 g/mol. The van der Waals surface area contributed by atoms with E-state index in [1.165, 1.54) is 25.8 Å². The molecule has 10 heavy (non-hydrogen) atoms. The minimum Gasteiger partial charge on any atom is -0.330 e. The molecule has 0 aliphatic rings. The average Bonchev–Trinajstić information content (AvgIpc) is 1.87. The van der Waals surface area contributed by atoms with Crippen molar-refractivity contribution in [2.45, 2.75) is 26.2 Å². The zero-order valence-electron chi connectivity index (χ0n) is 7.48. The molecular weight excluding hydrogens is 140 g/mol. The molecule has 0 saturated carbocycles. The van der Waals surface area contributed by atoms with Crippen LogP contribution in [0, 0.1) is 0 Å². The Balaban J connectivity index is 2.77. The molecule has 0 radical (unpaired) electrons. The summed E-state index contributed by atoms with van der Waals surface area (Å²) < 4.78 is 2.28. The van der Waals surface area contributed by atoms with Crippen molar-refractivity contribution in [1.82, 2.24) is 9.55 Å². The minimum atomic E-state index is -0.0985. The van der Waals surface area contributed by atoms with Crippen LogP contribution in [0.1, 0.15) is 26.2 Å². The Morgan fingerprint density at radius 1 is 1.30 bits per heavy atom. The van der Waals surface area contributed by atoms with E-state index in [-0.39, 0.29) is 9.84 Å². The van der Waals surface area contributed by atoms with Gasteiger partial charge in [-0.3, -0.25) is 0 Å². The molecule has 2 nitrogen and oxygen atoms in total. The van der Waals surface area contributed by atoms with E-state index in [2.05, 4.69) is 30.6 Å². The molecule has 0 aliphatic heterocycles. The highest BCUT2D eigenvalue weighted by Crippen LogP contribution is 1.90. The second-order valence-electron chi connectivity index (χ2n) is 2.94. The van der Waals surface area contributed by atoms with Crippen LogP contribution in [0.3, 0.4) is 0 Å². The Morgan fingerprint density at radius 2 is 2.00 bits per heavy atom. The second-order valence-corrected chi connectivity index (χ2v) is 5.03. The van der Waals surface area contributed by atoms with Crippen LogP contribution in [0.15, 0.2) is 0 Å². The number of rotatable bonds is 6. The highest BCUT2D eigenvalue weighted by Gasteiger charge is 1.88. The molecule has 1 N–H and O–H groups in total. The largest absolute Gasteiger partial charge is 0.330 e. The van der Waals surface area contributed by atoms with Crippen LogP contribution < -0.4 is 4.98 Å². The summed E-state index contributed by atoms with van der Waals surface area (Å²) in [5, 5.41) is 0. The van der Waals surface area contributed by atoms with Crippen molar-refractivity contribution in [3.8, 4) is 0 Å². The summed E-state index contributed by atoms with van der Waals surface area (Å²) in [6, 6.07) is 0. The minimum absolute atomic E-state index is 0.0985. The van der Waals surface area contributed by atoms with E-state index >= 15 is 0 Å². The van der Waals surface area contributed by atoms with E-state index in [9.17, 15) is 0 Å². The lowest BCUT2D eigenvalue weighted by atomic mass is 10.3. The molecule has 0 amide bonds. The van der Waals surface area contributed by atoms with Gasteiger partial charge < -0.3 is 9.55 Å². The maximum absolute atomic E-state index is 3.48. The Bertz CT molecular complexity index is 66.6. The Kier molecular flexibility index (Phi) is 7.35. The smallest absolute Gasteiger partial charge is 0.169 e. The van der Waals surface area contributed by atoms with Crippen LogP contribution in [0.25, 0.3) is 0 Å². The van der Waals surface area contributed by atoms with Crippen LogP contribution in [0.4, 0.5) is 0 Å². The summed E-state index contributed by atoms with van der Waals surface area (Å²) in [4.78, 5) is 3.48. The van der Waals surface area contributed by atoms with Crippen LogP contribution in [0.5, 0.6) is 0 Å². The first-order valence-electron chi connectivity index (χ1n) is 4.12. The van der Waals surface area contributed by atoms with Crippen molar-refractivity contribution in [3.63, 3.8) is 0 Å². The zero-order chi connectivity index (χ0) is 7.82. The SMILES string of the molecule is CCCCCN[SiH2]N(C)C. The lowest BCUT2D eigenvalue weighted by molar-refractivity contribution is 0.624. The van der Waals surface area contributed by atoms with Crippen LogP contribution in [0.2, 0.25) is 0 Å². The fourth-order valence-electron chi connectivity index (χ4n) is 0.803. The molecule has 0 saturated heterocycles. The van der Waals surface area contributed by atoms with Gasteiger partial charge in [0.2, 0.25) is 0 Å². The number of unbranched alkanes of at least 4 members (excludes halogenated alkanes) is 2. The molecule has 0 aromatic rings. The standard InChI is InChI=1S/C7H20N2Si/c1-4-5-6-7-8-10-9(2)3/h8H,4-7,10H2,1-3H3. The molecule has 62 valence electrons. The van der Waals surface area contributed by atoms with Gasteiger partial charge >= 0.3 is 0 Å². The normalized spacial score (nSPS) is 12.0. The predicted molar refractivity (Wildman–Crippen MR) is 49.8 cm³/mol. The predicted octanol–water partition coefficient (Wildman–Crippen LogP) is 0.327. The lowest BCUT2D eigenvalue weighted by Gasteiger charge is -2.09. The molecule has 0 spiro atoms. The summed E-state index contributed by atoms with van der Waals surface area (Å²) in [7, 11) is 4.18. The Labute approximate surface area is 67.0 Å². The molecule has 0 bridgehead atoms. The summed E-state index contributed by atoms with van der Waals surface area (Å²) in [5.74, 6) is 0. The van der Waals surface area contributed by atoms with E-state index in [0.29, 0.717) is 0 Å². The van der Waals surface area contributed by atoms with Gasteiger partial charge in [-0.1, -0.05) is 19.8 Å². The van der Waals surface area contributed by atoms with Crippen molar-refractivity contribution in [2.24, 2.45) is 0 Å². The molecule has 0 aliphatic carbocycles. The van der Waals surface area contributed by atoms with Crippen LogP contribution in [-0.4, -0.2) is 35.0 Å². The maximum Gasteiger partial charge on any atom is 0.169 e. The van der Waals surface area contributed by atoms with Gasteiger partial charge in [-0.2, -0.15) is 0 Å². The monoisotopic (exact) mass is 160 g/mol. The van der Waals surface area contributed by atoms with Gasteiger partial charge in [0.15, 0.2) is 9.84 Å². The van der Waals surface area contributed by atoms with Gasteiger partial charge in [-0.25, -0.2) is 0 Å². The van der Waals surface area contributed by atoms with Crippen molar-refractivity contribution in [2.75, 3.05) is 20.6 Å². The molecule has 0 heterocycles. The Hall–Kier alpha value is 0.137. The van der Waals surface area contributed by atoms with Crippen molar-refractivity contribution in [1.29, 1.82) is 0 Å². The highest BCUT2D eigenvalue weighted by atomic mass is 28.2. The summed E-state index contributed by atoms with van der Waals surface area (Å²) >= 11 is 0. The fourth-order valence-corrected chi connectivity index (χ4v) is 1.66. The third-order valence-electron chi connectivity index (χ3n) is 1.39. The lowest BCUT2D eigenvalue weighted by Crippen LogP contribution is -2.32. The number of hydrogen-bond acceptors (Lipinski definition) is 2. The van der Waals surface area contributed by atoms with E-state index in [1.807, 2.05) is 0 Å². The van der Waals surface area contributed by atoms with E-state index < -0.39 is 0 Å². The topological polar surface area (TPSA) is 15.3 Å². The maximum atomic E-state index is 3.48. The van der Waals surface area contributed by atoms with Gasteiger partial charge in [0.1, 0.15) is 0 Å². The van der Waals surface area contributed by atoms with Gasteiger partial charge in [-0.15, -0.1) is 0 Å². The number of nitrogens with zero attached hydrogens (tertiary/aromatic N) is 1. The molecule has 0 fully saturated rings. The fraction of sp³-hybridized carbons (Fsp3) is 1.00. The third kappa shape index (κ3) is 8.14. The first kappa shape index (κ1) is 10.1. The van der Waals surface area contributed by atoms with Gasteiger partial charge in [0.05, 0.1) is 0 Å². The molecule has 0 aromatic carbocycles. The second kappa shape index (κ2) is 7.25. The molecule has 0 aromatic heterocycles. The highest BCUT2D eigenvalue weighted by molar-refractivity contribution is 6.28. The summed E-state index contributed by atoms with van der Waals surface area (Å²) in [6.07, 6.45) is 4.04. The quantitative estimate of drug-likeness (QED) is 0.445. The van der Waals surface area contributed by atoms with Crippen LogP contribution >= 0.6 is 0 Å². The van der Waals surface area contributed by atoms with Gasteiger partial charge in [0, 0.05) is 0 Å². The van der Waals surface area contributed by atoms with Gasteiger partial charge in [-0.05, 0) is 27.1 Å². The first-order valence-corrected chi connectivity index (χ1v) is 5.46. The van der Waals surface area contributed by atoms with E-state index in [4.69, 9.17) is 0 Å². The third-order valence-corrected chi connectivity index (χ3v) is 2.59. The number of hydrogen-bond donors (Lipinski definition) is 1. The first-order chi connectivity index (χ1) is 4.77. The van der Waals surface area contributed by atoms with Crippen molar-refractivity contribution in [3.05, 3.63) is 0 Å².